The van der Waals surface area contributed by atoms with Crippen LogP contribution in [0.25, 0.3) is 0 Å². The van der Waals surface area contributed by atoms with E-state index >= 15 is 0 Å². The Morgan fingerprint density at radius 2 is 2.09 bits per heavy atom. The fourth-order valence-electron chi connectivity index (χ4n) is 3.74. The maximum atomic E-state index is 12.3. The van der Waals surface area contributed by atoms with Crippen molar-refractivity contribution in [3.8, 4) is 0 Å². The van der Waals surface area contributed by atoms with E-state index in [2.05, 4.69) is 0 Å². The molecule has 5 heteroatoms. The molecule has 2 bridgehead atoms. The second-order valence-electron chi connectivity index (χ2n) is 6.47. The Morgan fingerprint density at radius 1 is 1.32 bits per heavy atom. The topological polar surface area (TPSA) is 66.8 Å². The number of aliphatic carboxylic acids is 1. The number of rotatable bonds is 3. The summed E-state index contributed by atoms with van der Waals surface area (Å²) in [5.74, 6) is -0.499. The largest absolute Gasteiger partial charge is 0.481 e. The van der Waals surface area contributed by atoms with E-state index in [1.54, 1.807) is 4.90 Å². The third-order valence-corrected chi connectivity index (χ3v) is 4.84. The minimum absolute atomic E-state index is 0.223. The van der Waals surface area contributed by atoms with E-state index in [0.29, 0.717) is 19.4 Å². The lowest BCUT2D eigenvalue weighted by Crippen LogP contribution is -2.54. The number of ether oxygens (including phenoxy) is 1. The molecule has 5 nitrogen and oxygen atoms in total. The Bertz CT molecular complexity index is 559. The average Bonchev–Trinajstić information content (AvgIpc) is 2.53. The predicted molar refractivity (Wildman–Crippen MR) is 80.2 cm³/mol. The molecule has 1 aliphatic heterocycles. The standard InChI is InChI=1S/C17H21NO4/c19-15(20)17-8-4-7-14(9-17)10-18(12-17)16(21)22-11-13-5-2-1-3-6-13/h1-3,5-6,14H,4,7-12H2,(H,19,20). The minimum Gasteiger partial charge on any atom is -0.481 e. The molecule has 1 amide bonds. The highest BCUT2D eigenvalue weighted by Crippen LogP contribution is 2.44. The number of hydrogen-bond donors (Lipinski definition) is 1. The molecule has 2 unspecified atom stereocenters. The van der Waals surface area contributed by atoms with Crippen LogP contribution in [0.15, 0.2) is 30.3 Å². The van der Waals surface area contributed by atoms with Gasteiger partial charge in [0, 0.05) is 13.1 Å². The Hall–Kier alpha value is -2.04. The van der Waals surface area contributed by atoms with Gasteiger partial charge in [-0.25, -0.2) is 4.79 Å². The normalized spacial score (nSPS) is 27.3. The van der Waals surface area contributed by atoms with Gasteiger partial charge in [-0.3, -0.25) is 4.79 Å². The Kier molecular flexibility index (Phi) is 4.05. The number of fused-ring (bicyclic) bond motifs is 2. The number of carboxylic acids is 1. The highest BCUT2D eigenvalue weighted by atomic mass is 16.6. The van der Waals surface area contributed by atoms with Crippen LogP contribution >= 0.6 is 0 Å². The second-order valence-corrected chi connectivity index (χ2v) is 6.47. The summed E-state index contributed by atoms with van der Waals surface area (Å²) in [6.07, 6.45) is 2.87. The Morgan fingerprint density at radius 3 is 2.82 bits per heavy atom. The molecule has 22 heavy (non-hydrogen) atoms. The van der Waals surface area contributed by atoms with Crippen molar-refractivity contribution in [3.05, 3.63) is 35.9 Å². The molecule has 0 spiro atoms. The van der Waals surface area contributed by atoms with Crippen LogP contribution in [0.5, 0.6) is 0 Å². The molecule has 1 aliphatic carbocycles. The molecule has 1 aromatic rings. The Labute approximate surface area is 129 Å². The van der Waals surface area contributed by atoms with Gasteiger partial charge < -0.3 is 14.7 Å². The maximum absolute atomic E-state index is 12.3. The van der Waals surface area contributed by atoms with Crippen molar-refractivity contribution in [2.24, 2.45) is 11.3 Å². The van der Waals surface area contributed by atoms with Crippen LogP contribution in [-0.2, 0) is 16.1 Å². The van der Waals surface area contributed by atoms with Gasteiger partial charge in [0.25, 0.3) is 0 Å². The van der Waals surface area contributed by atoms with E-state index in [1.165, 1.54) is 0 Å². The summed E-state index contributed by atoms with van der Waals surface area (Å²) in [4.78, 5) is 25.5. The Balaban J connectivity index is 1.64. The summed E-state index contributed by atoms with van der Waals surface area (Å²) in [5, 5.41) is 9.57. The SMILES string of the molecule is O=C(OCc1ccccc1)N1CC2CCCC(C(=O)O)(C2)C1. The number of piperidine rings is 1. The number of carbonyl (C=O) groups is 2. The molecule has 1 heterocycles. The van der Waals surface area contributed by atoms with Gasteiger partial charge in [-0.05, 0) is 30.7 Å². The first-order valence-corrected chi connectivity index (χ1v) is 7.78. The van der Waals surface area contributed by atoms with Crippen LogP contribution < -0.4 is 0 Å². The van der Waals surface area contributed by atoms with Crippen molar-refractivity contribution >= 4 is 12.1 Å². The smallest absolute Gasteiger partial charge is 0.410 e. The molecule has 118 valence electrons. The van der Waals surface area contributed by atoms with E-state index < -0.39 is 17.5 Å². The van der Waals surface area contributed by atoms with Crippen molar-refractivity contribution in [1.29, 1.82) is 0 Å². The summed E-state index contributed by atoms with van der Waals surface area (Å²) in [6, 6.07) is 9.50. The van der Waals surface area contributed by atoms with Crippen LogP contribution in [0.3, 0.4) is 0 Å². The fourth-order valence-corrected chi connectivity index (χ4v) is 3.74. The van der Waals surface area contributed by atoms with Gasteiger partial charge in [0.1, 0.15) is 6.61 Å². The van der Waals surface area contributed by atoms with E-state index in [9.17, 15) is 14.7 Å². The van der Waals surface area contributed by atoms with E-state index in [-0.39, 0.29) is 19.1 Å². The molecule has 2 atom stereocenters. The van der Waals surface area contributed by atoms with Crippen LogP contribution in [-0.4, -0.2) is 35.2 Å². The molecule has 1 aromatic carbocycles. The molecule has 1 saturated heterocycles. The number of amides is 1. The number of carboxylic acid groups (broad SMARTS) is 1. The summed E-state index contributed by atoms with van der Waals surface area (Å²) in [5.41, 5.74) is 0.161. The summed E-state index contributed by atoms with van der Waals surface area (Å²) >= 11 is 0. The first kappa shape index (κ1) is 14.9. The van der Waals surface area contributed by atoms with E-state index in [1.807, 2.05) is 30.3 Å². The highest BCUT2D eigenvalue weighted by molar-refractivity contribution is 5.77. The molecule has 0 aromatic heterocycles. The van der Waals surface area contributed by atoms with Gasteiger partial charge in [-0.15, -0.1) is 0 Å². The number of hydrogen-bond acceptors (Lipinski definition) is 3. The first-order valence-electron chi connectivity index (χ1n) is 7.78. The average molecular weight is 303 g/mol. The van der Waals surface area contributed by atoms with Gasteiger partial charge in [0.05, 0.1) is 5.41 Å². The lowest BCUT2D eigenvalue weighted by Gasteiger charge is -2.46. The maximum Gasteiger partial charge on any atom is 0.410 e. The molecule has 2 fully saturated rings. The minimum atomic E-state index is -0.780. The van der Waals surface area contributed by atoms with Gasteiger partial charge in [0.2, 0.25) is 0 Å². The van der Waals surface area contributed by atoms with Gasteiger partial charge >= 0.3 is 12.1 Å². The zero-order valence-corrected chi connectivity index (χ0v) is 12.5. The second kappa shape index (κ2) is 5.99. The van der Waals surface area contributed by atoms with Gasteiger partial charge in [-0.2, -0.15) is 0 Å². The van der Waals surface area contributed by atoms with Crippen LogP contribution in [0.4, 0.5) is 4.79 Å². The molecule has 3 rings (SSSR count). The lowest BCUT2D eigenvalue weighted by molar-refractivity contribution is -0.156. The predicted octanol–water partition coefficient (Wildman–Crippen LogP) is 2.90. The quantitative estimate of drug-likeness (QED) is 0.932. The van der Waals surface area contributed by atoms with E-state index in [4.69, 9.17) is 4.74 Å². The lowest BCUT2D eigenvalue weighted by atomic mass is 9.66. The molecular formula is C17H21NO4. The van der Waals surface area contributed by atoms with Crippen molar-refractivity contribution in [3.63, 3.8) is 0 Å². The van der Waals surface area contributed by atoms with Gasteiger partial charge in [0.15, 0.2) is 0 Å². The first-order chi connectivity index (χ1) is 10.6. The van der Waals surface area contributed by atoms with Gasteiger partial charge in [-0.1, -0.05) is 36.8 Å². The number of benzene rings is 1. The molecule has 1 saturated carbocycles. The number of likely N-dealkylation sites (tertiary alicyclic amines) is 1. The molecule has 1 N–H and O–H groups in total. The third kappa shape index (κ3) is 2.93. The highest BCUT2D eigenvalue weighted by Gasteiger charge is 2.49. The van der Waals surface area contributed by atoms with Crippen molar-refractivity contribution in [1.82, 2.24) is 4.90 Å². The number of nitrogens with zero attached hydrogens (tertiary/aromatic N) is 1. The number of carbonyl (C=O) groups excluding carboxylic acids is 1. The molecular weight excluding hydrogens is 282 g/mol. The summed E-state index contributed by atoms with van der Waals surface area (Å²) in [6.45, 7) is 1.11. The molecule has 0 radical (unpaired) electrons. The zero-order chi connectivity index (χ0) is 15.6. The summed E-state index contributed by atoms with van der Waals surface area (Å²) < 4.78 is 5.35. The third-order valence-electron chi connectivity index (χ3n) is 4.84. The van der Waals surface area contributed by atoms with Crippen molar-refractivity contribution in [2.45, 2.75) is 32.3 Å². The fraction of sp³-hybridized carbons (Fsp3) is 0.529. The monoisotopic (exact) mass is 303 g/mol. The van der Waals surface area contributed by atoms with Crippen LogP contribution in [0, 0.1) is 11.3 Å². The zero-order valence-electron chi connectivity index (χ0n) is 12.5. The summed E-state index contributed by atoms with van der Waals surface area (Å²) in [7, 11) is 0. The molecule has 2 aliphatic rings. The van der Waals surface area contributed by atoms with E-state index in [0.717, 1.165) is 18.4 Å². The van der Waals surface area contributed by atoms with Crippen molar-refractivity contribution in [2.75, 3.05) is 13.1 Å². The van der Waals surface area contributed by atoms with Crippen molar-refractivity contribution < 1.29 is 19.4 Å². The van der Waals surface area contributed by atoms with Crippen LogP contribution in [0.1, 0.15) is 31.2 Å². The van der Waals surface area contributed by atoms with Crippen LogP contribution in [0.2, 0.25) is 0 Å².